The number of hydrogen-bond donors (Lipinski definition) is 1. The minimum Gasteiger partial charge on any atom is -0.495 e. The SMILES string of the molecule is C/C=C/OC(C(C)C)C(C)(C)O. The first-order chi connectivity index (χ1) is 5.39. The summed E-state index contributed by atoms with van der Waals surface area (Å²) < 4.78 is 5.39. The molecule has 2 heteroatoms. The summed E-state index contributed by atoms with van der Waals surface area (Å²) in [7, 11) is 0. The third-order valence-corrected chi connectivity index (χ3v) is 1.66. The molecular formula is C10H20O2. The van der Waals surface area contributed by atoms with Gasteiger partial charge in [-0.15, -0.1) is 0 Å². The van der Waals surface area contributed by atoms with Crippen LogP contribution in [0.3, 0.4) is 0 Å². The van der Waals surface area contributed by atoms with Crippen molar-refractivity contribution in [2.24, 2.45) is 5.92 Å². The molecule has 0 aliphatic heterocycles. The van der Waals surface area contributed by atoms with Crippen molar-refractivity contribution in [3.63, 3.8) is 0 Å². The monoisotopic (exact) mass is 172 g/mol. The molecule has 0 aliphatic rings. The second-order valence-corrected chi connectivity index (χ2v) is 3.92. The van der Waals surface area contributed by atoms with Crippen LogP contribution in [0.15, 0.2) is 12.3 Å². The predicted octanol–water partition coefficient (Wildman–Crippen LogP) is 2.33. The average Bonchev–Trinajstić information content (AvgIpc) is 1.84. The summed E-state index contributed by atoms with van der Waals surface area (Å²) in [6.07, 6.45) is 3.30. The van der Waals surface area contributed by atoms with E-state index < -0.39 is 5.60 Å². The van der Waals surface area contributed by atoms with E-state index in [1.54, 1.807) is 20.1 Å². The van der Waals surface area contributed by atoms with Gasteiger partial charge in [-0.2, -0.15) is 0 Å². The maximum atomic E-state index is 9.72. The fraction of sp³-hybridized carbons (Fsp3) is 0.800. The van der Waals surface area contributed by atoms with Crippen molar-refractivity contribution in [1.29, 1.82) is 0 Å². The van der Waals surface area contributed by atoms with Crippen molar-refractivity contribution in [1.82, 2.24) is 0 Å². The molecular weight excluding hydrogens is 152 g/mol. The highest BCUT2D eigenvalue weighted by Crippen LogP contribution is 2.20. The lowest BCUT2D eigenvalue weighted by Gasteiger charge is -2.31. The molecule has 0 rings (SSSR count). The van der Waals surface area contributed by atoms with Gasteiger partial charge in [-0.05, 0) is 26.7 Å². The van der Waals surface area contributed by atoms with Crippen molar-refractivity contribution >= 4 is 0 Å². The van der Waals surface area contributed by atoms with E-state index in [9.17, 15) is 5.11 Å². The Hall–Kier alpha value is -0.500. The van der Waals surface area contributed by atoms with E-state index in [4.69, 9.17) is 4.74 Å². The summed E-state index contributed by atoms with van der Waals surface area (Å²) in [5, 5.41) is 9.72. The molecule has 0 radical (unpaired) electrons. The number of hydrogen-bond acceptors (Lipinski definition) is 2. The number of rotatable bonds is 4. The summed E-state index contributed by atoms with van der Waals surface area (Å²) in [5.41, 5.74) is -0.784. The molecule has 0 bridgehead atoms. The van der Waals surface area contributed by atoms with Crippen molar-refractivity contribution in [2.75, 3.05) is 0 Å². The Morgan fingerprint density at radius 3 is 2.08 bits per heavy atom. The van der Waals surface area contributed by atoms with E-state index in [1.807, 2.05) is 26.8 Å². The van der Waals surface area contributed by atoms with Gasteiger partial charge in [0.25, 0.3) is 0 Å². The maximum absolute atomic E-state index is 9.72. The number of aliphatic hydroxyl groups is 1. The molecule has 1 unspecified atom stereocenters. The van der Waals surface area contributed by atoms with Crippen molar-refractivity contribution in [3.8, 4) is 0 Å². The van der Waals surface area contributed by atoms with E-state index in [0.717, 1.165) is 0 Å². The molecule has 0 spiro atoms. The first-order valence-corrected chi connectivity index (χ1v) is 4.38. The van der Waals surface area contributed by atoms with Crippen LogP contribution in [0.2, 0.25) is 0 Å². The minimum atomic E-state index is -0.784. The van der Waals surface area contributed by atoms with E-state index in [0.29, 0.717) is 5.92 Å². The van der Waals surface area contributed by atoms with Gasteiger partial charge in [-0.1, -0.05) is 19.9 Å². The fourth-order valence-corrected chi connectivity index (χ4v) is 1.30. The van der Waals surface area contributed by atoms with Crippen molar-refractivity contribution in [3.05, 3.63) is 12.3 Å². The van der Waals surface area contributed by atoms with Crippen LogP contribution in [-0.4, -0.2) is 16.8 Å². The third kappa shape index (κ3) is 3.77. The molecule has 0 aromatic rings. The quantitative estimate of drug-likeness (QED) is 0.659. The van der Waals surface area contributed by atoms with E-state index >= 15 is 0 Å². The molecule has 72 valence electrons. The van der Waals surface area contributed by atoms with E-state index in [2.05, 4.69) is 0 Å². The van der Waals surface area contributed by atoms with Gasteiger partial charge >= 0.3 is 0 Å². The molecule has 0 aliphatic carbocycles. The molecule has 0 aromatic carbocycles. The van der Waals surface area contributed by atoms with Gasteiger partial charge < -0.3 is 9.84 Å². The summed E-state index contributed by atoms with van der Waals surface area (Å²) in [6, 6.07) is 0. The predicted molar refractivity (Wildman–Crippen MR) is 50.8 cm³/mol. The second-order valence-electron chi connectivity index (χ2n) is 3.92. The van der Waals surface area contributed by atoms with Crippen molar-refractivity contribution < 1.29 is 9.84 Å². The number of allylic oxidation sites excluding steroid dienone is 1. The van der Waals surface area contributed by atoms with E-state index in [1.165, 1.54) is 0 Å². The Morgan fingerprint density at radius 1 is 1.33 bits per heavy atom. The van der Waals surface area contributed by atoms with Gasteiger partial charge in [0, 0.05) is 0 Å². The van der Waals surface area contributed by atoms with Crippen LogP contribution in [-0.2, 0) is 4.74 Å². The Morgan fingerprint density at radius 2 is 1.83 bits per heavy atom. The molecule has 12 heavy (non-hydrogen) atoms. The molecule has 1 N–H and O–H groups in total. The molecule has 0 heterocycles. The lowest BCUT2D eigenvalue weighted by Crippen LogP contribution is -2.40. The first kappa shape index (κ1) is 11.5. The van der Waals surface area contributed by atoms with Gasteiger partial charge in [-0.25, -0.2) is 0 Å². The Labute approximate surface area is 75.2 Å². The lowest BCUT2D eigenvalue weighted by molar-refractivity contribution is -0.0760. The topological polar surface area (TPSA) is 29.5 Å². The molecule has 0 saturated carbocycles. The van der Waals surface area contributed by atoms with Gasteiger partial charge in [0.05, 0.1) is 11.9 Å². The Bertz CT molecular complexity index is 142. The van der Waals surface area contributed by atoms with Crippen LogP contribution < -0.4 is 0 Å². The summed E-state index contributed by atoms with van der Waals surface area (Å²) in [6.45, 7) is 9.49. The van der Waals surface area contributed by atoms with Crippen LogP contribution in [0.25, 0.3) is 0 Å². The summed E-state index contributed by atoms with van der Waals surface area (Å²) in [5.74, 6) is 0.307. The normalized spacial score (nSPS) is 15.6. The molecule has 2 nitrogen and oxygen atoms in total. The minimum absolute atomic E-state index is 0.145. The molecule has 0 aromatic heterocycles. The third-order valence-electron chi connectivity index (χ3n) is 1.66. The van der Waals surface area contributed by atoms with Gasteiger partial charge in [-0.3, -0.25) is 0 Å². The summed E-state index contributed by atoms with van der Waals surface area (Å²) >= 11 is 0. The molecule has 0 amide bonds. The maximum Gasteiger partial charge on any atom is 0.128 e. The smallest absolute Gasteiger partial charge is 0.128 e. The highest BCUT2D eigenvalue weighted by atomic mass is 16.5. The molecule has 0 fully saturated rings. The van der Waals surface area contributed by atoms with Gasteiger partial charge in [0.2, 0.25) is 0 Å². The van der Waals surface area contributed by atoms with Crippen LogP contribution in [0.1, 0.15) is 34.6 Å². The average molecular weight is 172 g/mol. The highest BCUT2D eigenvalue weighted by Gasteiger charge is 2.30. The second kappa shape index (κ2) is 4.51. The van der Waals surface area contributed by atoms with Crippen LogP contribution in [0.5, 0.6) is 0 Å². The Balaban J connectivity index is 4.24. The summed E-state index contributed by atoms with van der Waals surface area (Å²) in [4.78, 5) is 0. The fourth-order valence-electron chi connectivity index (χ4n) is 1.30. The molecule has 0 saturated heterocycles. The van der Waals surface area contributed by atoms with Crippen molar-refractivity contribution in [2.45, 2.75) is 46.3 Å². The van der Waals surface area contributed by atoms with Crippen LogP contribution >= 0.6 is 0 Å². The standard InChI is InChI=1S/C10H20O2/c1-6-7-12-9(8(2)3)10(4,5)11/h6-9,11H,1-5H3/b7-6+. The highest BCUT2D eigenvalue weighted by molar-refractivity contribution is 4.83. The number of ether oxygens (including phenoxy) is 1. The largest absolute Gasteiger partial charge is 0.495 e. The zero-order valence-corrected chi connectivity index (χ0v) is 8.66. The van der Waals surface area contributed by atoms with Crippen LogP contribution in [0, 0.1) is 5.92 Å². The zero-order chi connectivity index (χ0) is 9.78. The Kier molecular flexibility index (Phi) is 4.32. The van der Waals surface area contributed by atoms with Gasteiger partial charge in [0.15, 0.2) is 0 Å². The van der Waals surface area contributed by atoms with Gasteiger partial charge in [0.1, 0.15) is 6.10 Å². The first-order valence-electron chi connectivity index (χ1n) is 4.38. The lowest BCUT2D eigenvalue weighted by atomic mass is 9.92. The van der Waals surface area contributed by atoms with E-state index in [-0.39, 0.29) is 6.10 Å². The molecule has 1 atom stereocenters. The van der Waals surface area contributed by atoms with Crippen LogP contribution in [0.4, 0.5) is 0 Å². The zero-order valence-electron chi connectivity index (χ0n) is 8.66.